The van der Waals surface area contributed by atoms with Gasteiger partial charge in [-0.15, -0.1) is 0 Å². The van der Waals surface area contributed by atoms with Gasteiger partial charge in [0.05, 0.1) is 19.3 Å². The van der Waals surface area contributed by atoms with Gasteiger partial charge in [-0.1, -0.05) is 12.1 Å². The largest absolute Gasteiger partial charge is 0.468 e. The summed E-state index contributed by atoms with van der Waals surface area (Å²) in [5.74, 6) is 0.538. The Morgan fingerprint density at radius 1 is 1.67 bits per heavy atom. The molecule has 0 unspecified atom stereocenters. The fraction of sp³-hybridized carbons (Fsp3) is 0.600. The van der Waals surface area contributed by atoms with E-state index in [0.29, 0.717) is 6.54 Å². The van der Waals surface area contributed by atoms with Gasteiger partial charge in [0, 0.05) is 12.6 Å². The van der Waals surface area contributed by atoms with E-state index in [-0.39, 0.29) is 12.5 Å². The second kappa shape index (κ2) is 5.50. The third-order valence-electron chi connectivity index (χ3n) is 2.09. The van der Waals surface area contributed by atoms with Crippen LogP contribution >= 0.6 is 0 Å². The number of carbonyl (C=O) groups excluding carboxylic acids is 1. The fourth-order valence-electron chi connectivity index (χ4n) is 1.25. The number of aromatic nitrogens is 1. The Morgan fingerprint density at radius 2 is 2.40 bits per heavy atom. The molecule has 1 aromatic heterocycles. The molecule has 0 aliphatic carbocycles. The summed E-state index contributed by atoms with van der Waals surface area (Å²) in [6.45, 7) is 5.46. The molecule has 0 N–H and O–H groups in total. The summed E-state index contributed by atoms with van der Waals surface area (Å²) in [6.07, 6.45) is 0. The zero-order chi connectivity index (χ0) is 11.3. The van der Waals surface area contributed by atoms with Crippen LogP contribution in [0.25, 0.3) is 0 Å². The van der Waals surface area contributed by atoms with Crippen molar-refractivity contribution in [3.05, 3.63) is 17.5 Å². The standard InChI is InChI=1S/C10H16N2O3/c1-4-12(7-10(13)14-3)6-9-5-8(2)15-11-9/h5H,4,6-7H2,1-3H3. The molecule has 1 aromatic rings. The van der Waals surface area contributed by atoms with Crippen molar-refractivity contribution >= 4 is 5.97 Å². The van der Waals surface area contributed by atoms with Crippen LogP contribution in [0.4, 0.5) is 0 Å². The number of methoxy groups -OCH3 is 1. The lowest BCUT2D eigenvalue weighted by molar-refractivity contribution is -0.142. The van der Waals surface area contributed by atoms with E-state index in [9.17, 15) is 4.79 Å². The third kappa shape index (κ3) is 3.71. The number of hydrogen-bond donors (Lipinski definition) is 0. The molecule has 0 fully saturated rings. The van der Waals surface area contributed by atoms with Gasteiger partial charge in [-0.2, -0.15) is 0 Å². The van der Waals surface area contributed by atoms with E-state index in [0.717, 1.165) is 18.0 Å². The molecule has 0 spiro atoms. The molecule has 0 amide bonds. The molecule has 5 nitrogen and oxygen atoms in total. The van der Waals surface area contributed by atoms with Gasteiger partial charge in [0.15, 0.2) is 0 Å². The maximum Gasteiger partial charge on any atom is 0.319 e. The smallest absolute Gasteiger partial charge is 0.319 e. The molecule has 15 heavy (non-hydrogen) atoms. The van der Waals surface area contributed by atoms with Crippen molar-refractivity contribution < 1.29 is 14.1 Å². The van der Waals surface area contributed by atoms with Crippen LogP contribution in [0.15, 0.2) is 10.6 Å². The van der Waals surface area contributed by atoms with Crippen LogP contribution in [0.3, 0.4) is 0 Å². The first-order chi connectivity index (χ1) is 7.15. The number of ether oxygens (including phenoxy) is 1. The van der Waals surface area contributed by atoms with Crippen LogP contribution in [0, 0.1) is 6.92 Å². The topological polar surface area (TPSA) is 55.6 Å². The summed E-state index contributed by atoms with van der Waals surface area (Å²) >= 11 is 0. The van der Waals surface area contributed by atoms with E-state index < -0.39 is 0 Å². The monoisotopic (exact) mass is 212 g/mol. The van der Waals surface area contributed by atoms with Crippen molar-refractivity contribution in [1.82, 2.24) is 10.1 Å². The number of nitrogens with zero attached hydrogens (tertiary/aromatic N) is 2. The summed E-state index contributed by atoms with van der Waals surface area (Å²) in [5, 5.41) is 3.87. The molecule has 5 heteroatoms. The van der Waals surface area contributed by atoms with E-state index in [2.05, 4.69) is 9.89 Å². The van der Waals surface area contributed by atoms with Gasteiger partial charge in [-0.3, -0.25) is 9.69 Å². The molecule has 0 saturated carbocycles. The second-order valence-corrected chi connectivity index (χ2v) is 3.31. The van der Waals surface area contributed by atoms with Crippen LogP contribution < -0.4 is 0 Å². The zero-order valence-electron chi connectivity index (χ0n) is 9.32. The molecule has 1 heterocycles. The molecular formula is C10H16N2O3. The highest BCUT2D eigenvalue weighted by Gasteiger charge is 2.11. The van der Waals surface area contributed by atoms with Crippen molar-refractivity contribution in [2.24, 2.45) is 0 Å². The Labute approximate surface area is 89.0 Å². The lowest BCUT2D eigenvalue weighted by Crippen LogP contribution is -2.30. The van der Waals surface area contributed by atoms with Gasteiger partial charge >= 0.3 is 5.97 Å². The van der Waals surface area contributed by atoms with Gasteiger partial charge < -0.3 is 9.26 Å². The Hall–Kier alpha value is -1.36. The summed E-state index contributed by atoms with van der Waals surface area (Å²) in [4.78, 5) is 13.0. The van der Waals surface area contributed by atoms with Crippen molar-refractivity contribution in [3.63, 3.8) is 0 Å². The lowest BCUT2D eigenvalue weighted by Gasteiger charge is -2.16. The SMILES string of the molecule is CCN(CC(=O)OC)Cc1cc(C)on1. The van der Waals surface area contributed by atoms with E-state index in [1.807, 2.05) is 24.8 Å². The Kier molecular flexibility index (Phi) is 4.30. The molecule has 1 rings (SSSR count). The van der Waals surface area contributed by atoms with Gasteiger partial charge in [0.25, 0.3) is 0 Å². The van der Waals surface area contributed by atoms with Gasteiger partial charge in [0.2, 0.25) is 0 Å². The summed E-state index contributed by atoms with van der Waals surface area (Å²) < 4.78 is 9.55. The Bertz CT molecular complexity index is 322. The first-order valence-corrected chi connectivity index (χ1v) is 4.87. The molecule has 84 valence electrons. The highest BCUT2D eigenvalue weighted by molar-refractivity contribution is 5.71. The molecule has 0 atom stereocenters. The van der Waals surface area contributed by atoms with E-state index in [4.69, 9.17) is 4.52 Å². The fourth-order valence-corrected chi connectivity index (χ4v) is 1.25. The molecule has 0 radical (unpaired) electrons. The normalized spacial score (nSPS) is 10.7. The number of likely N-dealkylation sites (N-methyl/N-ethyl adjacent to an activating group) is 1. The minimum absolute atomic E-state index is 0.239. The summed E-state index contributed by atoms with van der Waals surface area (Å²) in [6, 6.07) is 1.86. The number of carbonyl (C=O) groups is 1. The van der Waals surface area contributed by atoms with E-state index in [1.165, 1.54) is 7.11 Å². The molecule has 0 saturated heterocycles. The predicted octanol–water partition coefficient (Wildman–Crippen LogP) is 0.978. The van der Waals surface area contributed by atoms with Crippen LogP contribution in [0.2, 0.25) is 0 Å². The average Bonchev–Trinajstić information content (AvgIpc) is 2.62. The highest BCUT2D eigenvalue weighted by atomic mass is 16.5. The Morgan fingerprint density at radius 3 is 2.87 bits per heavy atom. The average molecular weight is 212 g/mol. The van der Waals surface area contributed by atoms with Gasteiger partial charge in [0.1, 0.15) is 5.76 Å². The molecular weight excluding hydrogens is 196 g/mol. The van der Waals surface area contributed by atoms with Crippen molar-refractivity contribution in [2.75, 3.05) is 20.2 Å². The Balaban J connectivity index is 2.50. The third-order valence-corrected chi connectivity index (χ3v) is 2.09. The van der Waals surface area contributed by atoms with Crippen LogP contribution in [-0.4, -0.2) is 36.2 Å². The first-order valence-electron chi connectivity index (χ1n) is 4.87. The molecule has 0 aliphatic rings. The number of hydrogen-bond acceptors (Lipinski definition) is 5. The zero-order valence-corrected chi connectivity index (χ0v) is 9.32. The van der Waals surface area contributed by atoms with E-state index in [1.54, 1.807) is 0 Å². The quantitative estimate of drug-likeness (QED) is 0.681. The maximum atomic E-state index is 11.1. The lowest BCUT2D eigenvalue weighted by atomic mass is 10.3. The minimum Gasteiger partial charge on any atom is -0.468 e. The predicted molar refractivity (Wildman–Crippen MR) is 54.2 cm³/mol. The van der Waals surface area contributed by atoms with Crippen molar-refractivity contribution in [3.8, 4) is 0 Å². The number of aryl methyl sites for hydroxylation is 1. The van der Waals surface area contributed by atoms with Crippen molar-refractivity contribution in [1.29, 1.82) is 0 Å². The number of esters is 1. The van der Waals surface area contributed by atoms with Gasteiger partial charge in [-0.25, -0.2) is 0 Å². The van der Waals surface area contributed by atoms with Crippen molar-refractivity contribution in [2.45, 2.75) is 20.4 Å². The van der Waals surface area contributed by atoms with E-state index >= 15 is 0 Å². The molecule has 0 aromatic carbocycles. The van der Waals surface area contributed by atoms with Crippen LogP contribution in [0.1, 0.15) is 18.4 Å². The highest BCUT2D eigenvalue weighted by Crippen LogP contribution is 2.05. The molecule has 0 aliphatic heterocycles. The van der Waals surface area contributed by atoms with Crippen LogP contribution in [-0.2, 0) is 16.1 Å². The second-order valence-electron chi connectivity index (χ2n) is 3.31. The summed E-state index contributed by atoms with van der Waals surface area (Å²) in [5.41, 5.74) is 0.832. The molecule has 0 bridgehead atoms. The van der Waals surface area contributed by atoms with Gasteiger partial charge in [-0.05, 0) is 13.5 Å². The number of rotatable bonds is 5. The minimum atomic E-state index is -0.239. The maximum absolute atomic E-state index is 11.1. The summed E-state index contributed by atoms with van der Waals surface area (Å²) in [7, 11) is 1.39. The first kappa shape index (κ1) is 11.7. The van der Waals surface area contributed by atoms with Crippen LogP contribution in [0.5, 0.6) is 0 Å².